The third kappa shape index (κ3) is 3.81. The molecule has 0 saturated heterocycles. The van der Waals surface area contributed by atoms with E-state index in [9.17, 15) is 15.2 Å². The maximum absolute atomic E-state index is 10.7. The summed E-state index contributed by atoms with van der Waals surface area (Å²) in [4.78, 5) is 14.7. The first-order chi connectivity index (χ1) is 12.0. The van der Waals surface area contributed by atoms with Gasteiger partial charge in [0.15, 0.2) is 0 Å². The number of hydrazone groups is 1. The number of hydrogen-bond acceptors (Lipinski definition) is 7. The van der Waals surface area contributed by atoms with Crippen molar-refractivity contribution in [1.82, 2.24) is 4.98 Å². The van der Waals surface area contributed by atoms with Crippen LogP contribution in [0.2, 0.25) is 0 Å². The molecule has 0 spiro atoms. The second-order valence-electron chi connectivity index (χ2n) is 5.17. The lowest BCUT2D eigenvalue weighted by atomic mass is 10.1. The van der Waals surface area contributed by atoms with Gasteiger partial charge in [0.05, 0.1) is 16.3 Å². The topological polar surface area (TPSA) is 101 Å². The van der Waals surface area contributed by atoms with Crippen molar-refractivity contribution in [3.8, 4) is 17.0 Å². The lowest BCUT2D eigenvalue weighted by Crippen LogP contribution is -1.99. The molecule has 0 aliphatic heterocycles. The lowest BCUT2D eigenvalue weighted by Gasteiger charge is -2.03. The second kappa shape index (κ2) is 7.10. The van der Waals surface area contributed by atoms with Gasteiger partial charge in [-0.3, -0.25) is 15.5 Å². The Balaban J connectivity index is 1.74. The van der Waals surface area contributed by atoms with E-state index >= 15 is 0 Å². The molecule has 3 aromatic rings. The molecule has 2 aromatic carbocycles. The van der Waals surface area contributed by atoms with Gasteiger partial charge in [0.25, 0.3) is 5.69 Å². The highest BCUT2D eigenvalue weighted by Gasteiger charge is 2.08. The highest BCUT2D eigenvalue weighted by atomic mass is 32.1. The Morgan fingerprint density at radius 1 is 1.24 bits per heavy atom. The smallest absolute Gasteiger partial charge is 0.269 e. The van der Waals surface area contributed by atoms with E-state index in [0.29, 0.717) is 22.1 Å². The molecule has 0 aliphatic carbocycles. The second-order valence-corrected chi connectivity index (χ2v) is 6.03. The van der Waals surface area contributed by atoms with Gasteiger partial charge in [-0.15, -0.1) is 11.3 Å². The first kappa shape index (κ1) is 16.6. The number of thiazole rings is 1. The van der Waals surface area contributed by atoms with Crippen molar-refractivity contribution in [2.75, 3.05) is 5.43 Å². The van der Waals surface area contributed by atoms with Crippen molar-refractivity contribution in [2.24, 2.45) is 5.10 Å². The number of nitro groups is 1. The highest BCUT2D eigenvalue weighted by Crippen LogP contribution is 2.26. The third-order valence-electron chi connectivity index (χ3n) is 3.49. The van der Waals surface area contributed by atoms with Crippen LogP contribution >= 0.6 is 11.3 Å². The van der Waals surface area contributed by atoms with Gasteiger partial charge in [-0.25, -0.2) is 4.98 Å². The predicted molar refractivity (Wildman–Crippen MR) is 98.1 cm³/mol. The van der Waals surface area contributed by atoms with Crippen LogP contribution in [0.25, 0.3) is 11.3 Å². The lowest BCUT2D eigenvalue weighted by molar-refractivity contribution is -0.384. The number of aromatic hydroxyl groups is 1. The molecule has 2 N–H and O–H groups in total. The van der Waals surface area contributed by atoms with Gasteiger partial charge in [0.2, 0.25) is 5.13 Å². The number of nitro benzene ring substituents is 1. The van der Waals surface area contributed by atoms with Crippen molar-refractivity contribution in [3.63, 3.8) is 0 Å². The zero-order chi connectivity index (χ0) is 17.8. The molecule has 25 heavy (non-hydrogen) atoms. The van der Waals surface area contributed by atoms with E-state index in [1.807, 2.05) is 11.4 Å². The summed E-state index contributed by atoms with van der Waals surface area (Å²) in [5.74, 6) is 0.163. The molecule has 126 valence electrons. The van der Waals surface area contributed by atoms with Crippen LogP contribution in [0.15, 0.2) is 59.0 Å². The van der Waals surface area contributed by atoms with E-state index in [4.69, 9.17) is 0 Å². The Labute approximate surface area is 147 Å². The van der Waals surface area contributed by atoms with Crippen LogP contribution in [0.4, 0.5) is 10.8 Å². The Morgan fingerprint density at radius 3 is 2.64 bits per heavy atom. The average molecular weight is 354 g/mol. The van der Waals surface area contributed by atoms with Crippen molar-refractivity contribution in [1.29, 1.82) is 0 Å². The highest BCUT2D eigenvalue weighted by molar-refractivity contribution is 7.14. The number of aromatic nitrogens is 1. The van der Waals surface area contributed by atoms with Crippen LogP contribution in [0, 0.1) is 10.1 Å². The Kier molecular flexibility index (Phi) is 4.71. The predicted octanol–water partition coefficient (Wildman–Crippen LogP) is 4.26. The fourth-order valence-corrected chi connectivity index (χ4v) is 2.84. The normalized spacial score (nSPS) is 11.3. The molecule has 1 aromatic heterocycles. The van der Waals surface area contributed by atoms with E-state index in [1.165, 1.54) is 23.5 Å². The molecule has 0 amide bonds. The number of para-hydroxylation sites is 1. The zero-order valence-corrected chi connectivity index (χ0v) is 14.0. The molecule has 1 heterocycles. The van der Waals surface area contributed by atoms with E-state index in [-0.39, 0.29) is 11.4 Å². The van der Waals surface area contributed by atoms with Crippen LogP contribution < -0.4 is 5.43 Å². The molecule has 0 fully saturated rings. The molecule has 8 heteroatoms. The standard InChI is InChI=1S/C17H14N4O3S/c1-11(14-4-2-3-5-16(14)22)19-20-17-18-15(10-25-17)12-6-8-13(9-7-12)21(23)24/h2-10,22H,1H3,(H,18,20)/b19-11-. The van der Waals surface area contributed by atoms with Crippen LogP contribution in [0.1, 0.15) is 12.5 Å². The summed E-state index contributed by atoms with van der Waals surface area (Å²) in [7, 11) is 0. The summed E-state index contributed by atoms with van der Waals surface area (Å²) in [6, 6.07) is 13.2. The van der Waals surface area contributed by atoms with Crippen molar-refractivity contribution < 1.29 is 10.0 Å². The van der Waals surface area contributed by atoms with Gasteiger partial charge < -0.3 is 5.11 Å². The monoisotopic (exact) mass is 354 g/mol. The number of hydrogen-bond donors (Lipinski definition) is 2. The van der Waals surface area contributed by atoms with Crippen molar-refractivity contribution in [2.45, 2.75) is 6.92 Å². The molecule has 3 rings (SSSR count). The molecule has 0 bridgehead atoms. The van der Waals surface area contributed by atoms with Gasteiger partial charge in [0.1, 0.15) is 5.75 Å². The molecular formula is C17H14N4O3S. The first-order valence-corrected chi connectivity index (χ1v) is 8.21. The quantitative estimate of drug-likeness (QED) is 0.405. The summed E-state index contributed by atoms with van der Waals surface area (Å²) < 4.78 is 0. The van der Waals surface area contributed by atoms with Gasteiger partial charge in [0, 0.05) is 28.6 Å². The SMILES string of the molecule is C/C(=N/Nc1nc(-c2ccc([N+](=O)[O-])cc2)cs1)c1ccccc1O. The third-order valence-corrected chi connectivity index (χ3v) is 4.24. The average Bonchev–Trinajstić information content (AvgIpc) is 3.09. The van der Waals surface area contributed by atoms with Crippen LogP contribution in [-0.4, -0.2) is 20.7 Å². The van der Waals surface area contributed by atoms with E-state index < -0.39 is 4.92 Å². The molecule has 0 unspecified atom stereocenters. The van der Waals surface area contributed by atoms with Gasteiger partial charge in [-0.2, -0.15) is 5.10 Å². The zero-order valence-electron chi connectivity index (χ0n) is 13.2. The maximum Gasteiger partial charge on any atom is 0.269 e. The number of phenols is 1. The van der Waals surface area contributed by atoms with Crippen molar-refractivity contribution in [3.05, 3.63) is 69.6 Å². The van der Waals surface area contributed by atoms with Gasteiger partial charge in [-0.1, -0.05) is 12.1 Å². The number of rotatable bonds is 5. The number of nitrogens with zero attached hydrogens (tertiary/aromatic N) is 3. The van der Waals surface area contributed by atoms with Crippen LogP contribution in [0.3, 0.4) is 0 Å². The Bertz CT molecular complexity index is 935. The van der Waals surface area contributed by atoms with E-state index in [0.717, 1.165) is 5.56 Å². The summed E-state index contributed by atoms with van der Waals surface area (Å²) in [5.41, 5.74) is 5.67. The van der Waals surface area contributed by atoms with Gasteiger partial charge in [-0.05, 0) is 31.2 Å². The molecule has 0 saturated carbocycles. The summed E-state index contributed by atoms with van der Waals surface area (Å²) in [5, 5.41) is 27.2. The maximum atomic E-state index is 10.7. The molecule has 7 nitrogen and oxygen atoms in total. The number of anilines is 1. The molecule has 0 atom stereocenters. The number of benzene rings is 2. The summed E-state index contributed by atoms with van der Waals surface area (Å²) >= 11 is 1.37. The van der Waals surface area contributed by atoms with Crippen molar-refractivity contribution >= 4 is 27.9 Å². The molecule has 0 radical (unpaired) electrons. The minimum atomic E-state index is -0.436. The Morgan fingerprint density at radius 2 is 1.96 bits per heavy atom. The van der Waals surface area contributed by atoms with E-state index in [2.05, 4.69) is 15.5 Å². The minimum absolute atomic E-state index is 0.0419. The van der Waals surface area contributed by atoms with Crippen LogP contribution in [0.5, 0.6) is 5.75 Å². The van der Waals surface area contributed by atoms with E-state index in [1.54, 1.807) is 37.3 Å². The largest absolute Gasteiger partial charge is 0.507 e. The van der Waals surface area contributed by atoms with Gasteiger partial charge >= 0.3 is 0 Å². The number of nitrogens with one attached hydrogen (secondary N) is 1. The summed E-state index contributed by atoms with van der Waals surface area (Å²) in [6.45, 7) is 1.78. The molecular weight excluding hydrogens is 340 g/mol. The molecule has 0 aliphatic rings. The Hall–Kier alpha value is -3.26. The summed E-state index contributed by atoms with van der Waals surface area (Å²) in [6.07, 6.45) is 0. The fourth-order valence-electron chi connectivity index (χ4n) is 2.18. The fraction of sp³-hybridized carbons (Fsp3) is 0.0588. The number of phenolic OH excluding ortho intramolecular Hbond substituents is 1. The number of non-ortho nitro benzene ring substituents is 1. The first-order valence-electron chi connectivity index (χ1n) is 7.33. The van der Waals surface area contributed by atoms with Crippen LogP contribution in [-0.2, 0) is 0 Å². The minimum Gasteiger partial charge on any atom is -0.507 e.